The minimum atomic E-state index is 0. The van der Waals surface area contributed by atoms with E-state index in [1.54, 1.807) is 0 Å². The Balaban J connectivity index is 0.00000363. The van der Waals surface area contributed by atoms with E-state index in [-0.39, 0.29) is 36.0 Å². The minimum absolute atomic E-state index is 0. The molecule has 0 spiro atoms. The molecular formula is C24H34IN5O2. The molecule has 2 aromatic rings. The van der Waals surface area contributed by atoms with Gasteiger partial charge in [-0.3, -0.25) is 4.79 Å². The highest BCUT2D eigenvalue weighted by Crippen LogP contribution is 2.17. The molecule has 3 N–H and O–H groups in total. The van der Waals surface area contributed by atoms with Crippen molar-refractivity contribution < 1.29 is 9.53 Å². The highest BCUT2D eigenvalue weighted by atomic mass is 127. The van der Waals surface area contributed by atoms with Crippen LogP contribution in [0.1, 0.15) is 25.0 Å². The van der Waals surface area contributed by atoms with E-state index in [2.05, 4.69) is 58.1 Å². The first-order valence-corrected chi connectivity index (χ1v) is 10.9. The Morgan fingerprint density at radius 2 is 2.00 bits per heavy atom. The van der Waals surface area contributed by atoms with Gasteiger partial charge in [0.1, 0.15) is 11.9 Å². The van der Waals surface area contributed by atoms with Gasteiger partial charge in [0.2, 0.25) is 5.91 Å². The van der Waals surface area contributed by atoms with Crippen LogP contribution in [0.25, 0.3) is 0 Å². The van der Waals surface area contributed by atoms with Crippen LogP contribution in [0.15, 0.2) is 53.5 Å². The Morgan fingerprint density at radius 3 is 2.69 bits per heavy atom. The highest BCUT2D eigenvalue weighted by Gasteiger charge is 2.16. The molecule has 0 aliphatic carbocycles. The fourth-order valence-electron chi connectivity index (χ4n) is 3.39. The van der Waals surface area contributed by atoms with Crippen molar-refractivity contribution in [1.29, 1.82) is 0 Å². The smallest absolute Gasteiger partial charge is 0.239 e. The van der Waals surface area contributed by atoms with Crippen LogP contribution in [0.5, 0.6) is 5.75 Å². The van der Waals surface area contributed by atoms with Crippen molar-refractivity contribution in [1.82, 2.24) is 16.0 Å². The second-order valence-corrected chi connectivity index (χ2v) is 7.76. The SMILES string of the molecule is CCNC(=NCc1ccc(N2CCNC(=O)C2)cc1)NCC(C)Oc1cccc(C)c1.I. The van der Waals surface area contributed by atoms with Gasteiger partial charge >= 0.3 is 0 Å². The fourth-order valence-corrected chi connectivity index (χ4v) is 3.39. The fraction of sp³-hybridized carbons (Fsp3) is 0.417. The standard InChI is InChI=1S/C24H33N5O2.HI/c1-4-25-24(27-15-19(3)31-22-7-5-6-18(2)14-22)28-16-20-8-10-21(11-9-20)29-13-12-26-23(30)17-29;/h5-11,14,19H,4,12-13,15-17H2,1-3H3,(H,26,30)(H2,25,27,28);1H. The predicted molar refractivity (Wildman–Crippen MR) is 141 cm³/mol. The number of anilines is 1. The predicted octanol–water partition coefficient (Wildman–Crippen LogP) is 3.07. The number of nitrogens with one attached hydrogen (secondary N) is 3. The molecule has 1 saturated heterocycles. The summed E-state index contributed by atoms with van der Waals surface area (Å²) in [6.07, 6.45) is 0.00619. The number of carbonyl (C=O) groups excluding carboxylic acids is 1. The zero-order valence-corrected chi connectivity index (χ0v) is 21.4. The average Bonchev–Trinajstić information content (AvgIpc) is 2.76. The first kappa shape index (κ1) is 25.8. The van der Waals surface area contributed by atoms with Crippen molar-refractivity contribution in [2.45, 2.75) is 33.4 Å². The zero-order valence-electron chi connectivity index (χ0n) is 19.1. The number of ether oxygens (including phenoxy) is 1. The molecule has 174 valence electrons. The minimum Gasteiger partial charge on any atom is -0.489 e. The van der Waals surface area contributed by atoms with Gasteiger partial charge in [0.15, 0.2) is 5.96 Å². The second kappa shape index (κ2) is 13.1. The molecule has 1 unspecified atom stereocenters. The number of guanidine groups is 1. The largest absolute Gasteiger partial charge is 0.489 e. The van der Waals surface area contributed by atoms with Gasteiger partial charge in [-0.1, -0.05) is 24.3 Å². The zero-order chi connectivity index (χ0) is 22.1. The summed E-state index contributed by atoms with van der Waals surface area (Å²) in [6, 6.07) is 16.3. The number of aliphatic imine (C=N–C) groups is 1. The number of hydrogen-bond donors (Lipinski definition) is 3. The second-order valence-electron chi connectivity index (χ2n) is 7.76. The van der Waals surface area contributed by atoms with Gasteiger partial charge in [0, 0.05) is 25.3 Å². The number of piperazine rings is 1. The average molecular weight is 551 g/mol. The first-order valence-electron chi connectivity index (χ1n) is 10.9. The van der Waals surface area contributed by atoms with Gasteiger partial charge in [-0.15, -0.1) is 24.0 Å². The van der Waals surface area contributed by atoms with Gasteiger partial charge in [-0.2, -0.15) is 0 Å². The molecule has 8 heteroatoms. The van der Waals surface area contributed by atoms with Crippen LogP contribution in [0.4, 0.5) is 5.69 Å². The molecule has 2 aromatic carbocycles. The lowest BCUT2D eigenvalue weighted by molar-refractivity contribution is -0.120. The van der Waals surface area contributed by atoms with Gasteiger partial charge in [-0.25, -0.2) is 4.99 Å². The molecular weight excluding hydrogens is 517 g/mol. The van der Waals surface area contributed by atoms with E-state index in [1.165, 1.54) is 5.56 Å². The van der Waals surface area contributed by atoms with Crippen molar-refractivity contribution in [3.05, 3.63) is 59.7 Å². The molecule has 1 atom stereocenters. The molecule has 0 bridgehead atoms. The summed E-state index contributed by atoms with van der Waals surface area (Å²) >= 11 is 0. The summed E-state index contributed by atoms with van der Waals surface area (Å²) in [5, 5.41) is 9.49. The van der Waals surface area contributed by atoms with Crippen molar-refractivity contribution in [2.24, 2.45) is 4.99 Å². The van der Waals surface area contributed by atoms with E-state index in [4.69, 9.17) is 9.73 Å². The lowest BCUT2D eigenvalue weighted by Crippen LogP contribution is -2.47. The summed E-state index contributed by atoms with van der Waals surface area (Å²) in [5.41, 5.74) is 3.36. The monoisotopic (exact) mass is 551 g/mol. The van der Waals surface area contributed by atoms with Crippen LogP contribution in [0, 0.1) is 6.92 Å². The van der Waals surface area contributed by atoms with Crippen LogP contribution in [-0.2, 0) is 11.3 Å². The van der Waals surface area contributed by atoms with Crippen molar-refractivity contribution in [2.75, 3.05) is 37.6 Å². The summed E-state index contributed by atoms with van der Waals surface area (Å²) in [5.74, 6) is 1.71. The van der Waals surface area contributed by atoms with Gasteiger partial charge in [-0.05, 0) is 56.2 Å². The molecule has 0 radical (unpaired) electrons. The van der Waals surface area contributed by atoms with Crippen LogP contribution >= 0.6 is 24.0 Å². The molecule has 0 aromatic heterocycles. The number of hydrogen-bond acceptors (Lipinski definition) is 4. The molecule has 32 heavy (non-hydrogen) atoms. The van der Waals surface area contributed by atoms with Gasteiger partial charge in [0.05, 0.1) is 19.6 Å². The third-order valence-electron chi connectivity index (χ3n) is 4.99. The summed E-state index contributed by atoms with van der Waals surface area (Å²) in [7, 11) is 0. The molecule has 1 aliphatic heterocycles. The number of benzene rings is 2. The van der Waals surface area contributed by atoms with E-state index >= 15 is 0 Å². The Morgan fingerprint density at radius 1 is 1.22 bits per heavy atom. The van der Waals surface area contributed by atoms with Crippen molar-refractivity contribution in [3.8, 4) is 5.75 Å². The van der Waals surface area contributed by atoms with E-state index in [1.807, 2.05) is 32.0 Å². The number of amides is 1. The quantitative estimate of drug-likeness (QED) is 0.267. The van der Waals surface area contributed by atoms with E-state index in [0.717, 1.165) is 36.0 Å². The maximum Gasteiger partial charge on any atom is 0.239 e. The van der Waals surface area contributed by atoms with E-state index in [9.17, 15) is 4.79 Å². The third-order valence-corrected chi connectivity index (χ3v) is 4.99. The Bertz CT molecular complexity index is 888. The number of carbonyl (C=O) groups is 1. The van der Waals surface area contributed by atoms with Crippen LogP contribution in [0.2, 0.25) is 0 Å². The Labute approximate surface area is 208 Å². The number of aryl methyl sites for hydroxylation is 1. The number of halogens is 1. The molecule has 1 heterocycles. The molecule has 1 fully saturated rings. The summed E-state index contributed by atoms with van der Waals surface area (Å²) in [6.45, 7) is 10.1. The topological polar surface area (TPSA) is 78.0 Å². The Hall–Kier alpha value is -2.49. The molecule has 3 rings (SSSR count). The lowest BCUT2D eigenvalue weighted by Gasteiger charge is -2.28. The maximum absolute atomic E-state index is 11.6. The number of nitrogens with zero attached hydrogens (tertiary/aromatic N) is 2. The van der Waals surface area contributed by atoms with E-state index < -0.39 is 0 Å². The molecule has 7 nitrogen and oxygen atoms in total. The Kier molecular flexibility index (Phi) is 10.6. The summed E-state index contributed by atoms with van der Waals surface area (Å²) in [4.78, 5) is 18.4. The third kappa shape index (κ3) is 8.22. The first-order chi connectivity index (χ1) is 15.0. The number of rotatable bonds is 8. The van der Waals surface area contributed by atoms with Gasteiger partial charge in [0.25, 0.3) is 0 Å². The maximum atomic E-state index is 11.6. The highest BCUT2D eigenvalue weighted by molar-refractivity contribution is 14.0. The van der Waals surface area contributed by atoms with Crippen molar-refractivity contribution >= 4 is 41.5 Å². The van der Waals surface area contributed by atoms with Crippen molar-refractivity contribution in [3.63, 3.8) is 0 Å². The normalized spacial score (nSPS) is 14.8. The van der Waals surface area contributed by atoms with Gasteiger partial charge < -0.3 is 25.6 Å². The van der Waals surface area contributed by atoms with Crippen LogP contribution in [0.3, 0.4) is 0 Å². The van der Waals surface area contributed by atoms with Crippen LogP contribution in [-0.4, -0.2) is 50.7 Å². The van der Waals surface area contributed by atoms with Crippen LogP contribution < -0.4 is 25.6 Å². The lowest BCUT2D eigenvalue weighted by atomic mass is 10.2. The molecule has 1 amide bonds. The summed E-state index contributed by atoms with van der Waals surface area (Å²) < 4.78 is 5.99. The van der Waals surface area contributed by atoms with E-state index in [0.29, 0.717) is 26.2 Å². The molecule has 0 saturated carbocycles. The molecule has 1 aliphatic rings.